The van der Waals surface area contributed by atoms with E-state index in [1.54, 1.807) is 0 Å². The molecule has 0 fully saturated rings. The van der Waals surface area contributed by atoms with Gasteiger partial charge in [0, 0.05) is 119 Å². The highest BCUT2D eigenvalue weighted by Crippen LogP contribution is 2.41. The van der Waals surface area contributed by atoms with Gasteiger partial charge in [-0.05, 0) is 192 Å². The lowest BCUT2D eigenvalue weighted by atomic mass is 10.0. The Morgan fingerprint density at radius 3 is 0.699 bits per heavy atom. The summed E-state index contributed by atoms with van der Waals surface area (Å²) in [6, 6.07) is 75.5. The standard InChI is InChI=1S/C65H52N8/c1-47-4-17-65(46-48(47)2)73(64-36-44-69-45-37-64)61-28-15-54(16-29-61)53-13-26-60(27-14-53)72(63-34-42-68-43-35-63)59-24-11-52(12-25-59)51-9-22-58(23-10-51)71(62-32-40-67-41-33-62)57-20-7-50(8-21-57)49-5-18-55(19-6-49)70(3)56-30-38-66-39-31-56/h4-46H,1-3H3. The van der Waals surface area contributed by atoms with Crippen molar-refractivity contribution in [3.63, 3.8) is 0 Å². The Hall–Kier alpha value is -9.66. The molecule has 4 heterocycles. The monoisotopic (exact) mass is 944 g/mol. The Kier molecular flexibility index (Phi) is 13.0. The summed E-state index contributed by atoms with van der Waals surface area (Å²) >= 11 is 0. The molecule has 0 bridgehead atoms. The SMILES string of the molecule is Cc1ccc(N(c2ccncc2)c2ccc(-c3ccc(N(c4ccncc4)c4ccc(-c5ccc(N(c6ccncc6)c6ccc(-c7ccc(N(C)c8ccncc8)cc7)cc6)cc5)cc4)cc3)cc2)cc1C. The highest BCUT2D eigenvalue weighted by Gasteiger charge is 2.17. The molecule has 11 rings (SSSR count). The number of aryl methyl sites for hydroxylation is 2. The van der Waals surface area contributed by atoms with E-state index in [2.05, 4.69) is 224 Å². The molecule has 352 valence electrons. The molecule has 0 radical (unpaired) electrons. The van der Waals surface area contributed by atoms with Gasteiger partial charge < -0.3 is 19.6 Å². The van der Waals surface area contributed by atoms with Crippen LogP contribution in [0, 0.1) is 13.8 Å². The van der Waals surface area contributed by atoms with Crippen LogP contribution in [-0.2, 0) is 0 Å². The highest BCUT2D eigenvalue weighted by atomic mass is 15.2. The third kappa shape index (κ3) is 9.91. The molecule has 4 aromatic heterocycles. The van der Waals surface area contributed by atoms with Crippen molar-refractivity contribution in [3.8, 4) is 33.4 Å². The van der Waals surface area contributed by atoms with Gasteiger partial charge in [-0.15, -0.1) is 0 Å². The van der Waals surface area contributed by atoms with Crippen molar-refractivity contribution in [3.05, 3.63) is 273 Å². The summed E-state index contributed by atoms with van der Waals surface area (Å²) in [5.41, 5.74) is 21.1. The van der Waals surface area contributed by atoms with Crippen molar-refractivity contribution in [2.24, 2.45) is 0 Å². The van der Waals surface area contributed by atoms with Gasteiger partial charge in [0.25, 0.3) is 0 Å². The van der Waals surface area contributed by atoms with Crippen LogP contribution >= 0.6 is 0 Å². The van der Waals surface area contributed by atoms with Gasteiger partial charge in [-0.1, -0.05) is 78.9 Å². The maximum atomic E-state index is 4.34. The first-order chi connectivity index (χ1) is 35.9. The van der Waals surface area contributed by atoms with E-state index in [1.165, 1.54) is 11.1 Å². The van der Waals surface area contributed by atoms with Gasteiger partial charge in [-0.2, -0.15) is 0 Å². The fraction of sp³-hybridized carbons (Fsp3) is 0.0462. The molecule has 0 aliphatic carbocycles. The van der Waals surface area contributed by atoms with Gasteiger partial charge in [-0.3, -0.25) is 19.9 Å². The smallest absolute Gasteiger partial charge is 0.0492 e. The van der Waals surface area contributed by atoms with E-state index in [1.807, 2.05) is 98.1 Å². The summed E-state index contributed by atoms with van der Waals surface area (Å²) in [5.74, 6) is 0. The summed E-state index contributed by atoms with van der Waals surface area (Å²) < 4.78 is 0. The molecule has 11 aromatic rings. The van der Waals surface area contributed by atoms with Crippen molar-refractivity contribution < 1.29 is 0 Å². The zero-order valence-electron chi connectivity index (χ0n) is 40.9. The first-order valence-corrected chi connectivity index (χ1v) is 24.4. The predicted molar refractivity (Wildman–Crippen MR) is 302 cm³/mol. The lowest BCUT2D eigenvalue weighted by molar-refractivity contribution is 1.19. The van der Waals surface area contributed by atoms with Crippen molar-refractivity contribution in [1.29, 1.82) is 0 Å². The zero-order valence-corrected chi connectivity index (χ0v) is 40.9. The molecule has 0 unspecified atom stereocenters. The van der Waals surface area contributed by atoms with Crippen molar-refractivity contribution >= 4 is 62.6 Å². The number of rotatable bonds is 14. The Bertz CT molecular complexity index is 3540. The van der Waals surface area contributed by atoms with E-state index in [-0.39, 0.29) is 0 Å². The molecule has 7 aromatic carbocycles. The molecule has 0 atom stereocenters. The second-order valence-corrected chi connectivity index (χ2v) is 17.9. The van der Waals surface area contributed by atoms with Gasteiger partial charge in [-0.25, -0.2) is 0 Å². The molecule has 0 aliphatic rings. The molecule has 8 heteroatoms. The lowest BCUT2D eigenvalue weighted by Crippen LogP contribution is -2.10. The average Bonchev–Trinajstić information content (AvgIpc) is 3.46. The number of benzene rings is 7. The lowest BCUT2D eigenvalue weighted by Gasteiger charge is -2.26. The van der Waals surface area contributed by atoms with Gasteiger partial charge in [0.15, 0.2) is 0 Å². The summed E-state index contributed by atoms with van der Waals surface area (Å²) in [6.07, 6.45) is 14.7. The van der Waals surface area contributed by atoms with Crippen molar-refractivity contribution in [2.75, 3.05) is 26.6 Å². The molecular formula is C65H52N8. The Morgan fingerprint density at radius 1 is 0.219 bits per heavy atom. The summed E-state index contributed by atoms with van der Waals surface area (Å²) in [5, 5.41) is 0. The van der Waals surface area contributed by atoms with Crippen molar-refractivity contribution in [1.82, 2.24) is 19.9 Å². The van der Waals surface area contributed by atoms with Crippen LogP contribution in [0.2, 0.25) is 0 Å². The number of aromatic nitrogens is 4. The number of nitrogens with zero attached hydrogens (tertiary/aromatic N) is 8. The maximum Gasteiger partial charge on any atom is 0.0492 e. The largest absolute Gasteiger partial charge is 0.345 e. The minimum absolute atomic E-state index is 1.03. The van der Waals surface area contributed by atoms with Gasteiger partial charge in [0.2, 0.25) is 0 Å². The zero-order chi connectivity index (χ0) is 49.5. The van der Waals surface area contributed by atoms with Gasteiger partial charge in [0.1, 0.15) is 0 Å². The molecule has 0 saturated heterocycles. The van der Waals surface area contributed by atoms with Gasteiger partial charge >= 0.3 is 0 Å². The Balaban J connectivity index is 0.819. The maximum absolute atomic E-state index is 4.34. The average molecular weight is 945 g/mol. The van der Waals surface area contributed by atoms with Crippen LogP contribution < -0.4 is 19.6 Å². The Morgan fingerprint density at radius 2 is 0.425 bits per heavy atom. The van der Waals surface area contributed by atoms with E-state index in [4.69, 9.17) is 0 Å². The van der Waals surface area contributed by atoms with E-state index in [0.717, 1.165) is 95.9 Å². The summed E-state index contributed by atoms with van der Waals surface area (Å²) in [6.45, 7) is 4.31. The second-order valence-electron chi connectivity index (χ2n) is 17.9. The van der Waals surface area contributed by atoms with Crippen LogP contribution in [0.25, 0.3) is 33.4 Å². The highest BCUT2D eigenvalue weighted by molar-refractivity contribution is 5.83. The number of hydrogen-bond acceptors (Lipinski definition) is 8. The van der Waals surface area contributed by atoms with E-state index in [0.29, 0.717) is 0 Å². The molecule has 0 N–H and O–H groups in total. The third-order valence-corrected chi connectivity index (χ3v) is 13.4. The fourth-order valence-corrected chi connectivity index (χ4v) is 9.29. The third-order valence-electron chi connectivity index (χ3n) is 13.4. The number of pyridine rings is 4. The minimum Gasteiger partial charge on any atom is -0.345 e. The van der Waals surface area contributed by atoms with Crippen molar-refractivity contribution in [2.45, 2.75) is 13.8 Å². The molecule has 0 saturated carbocycles. The molecule has 73 heavy (non-hydrogen) atoms. The minimum atomic E-state index is 1.03. The fourth-order valence-electron chi connectivity index (χ4n) is 9.29. The Labute approximate surface area is 427 Å². The quantitative estimate of drug-likeness (QED) is 0.107. The van der Waals surface area contributed by atoms with E-state index in [9.17, 15) is 0 Å². The first kappa shape index (κ1) is 45.8. The first-order valence-electron chi connectivity index (χ1n) is 24.4. The topological polar surface area (TPSA) is 64.5 Å². The van der Waals surface area contributed by atoms with Crippen LogP contribution in [-0.4, -0.2) is 27.0 Å². The molecule has 0 aliphatic heterocycles. The van der Waals surface area contributed by atoms with Crippen LogP contribution in [0.15, 0.2) is 262 Å². The molecule has 0 spiro atoms. The van der Waals surface area contributed by atoms with Crippen LogP contribution in [0.1, 0.15) is 11.1 Å². The van der Waals surface area contributed by atoms with Crippen LogP contribution in [0.5, 0.6) is 0 Å². The van der Waals surface area contributed by atoms with Crippen LogP contribution in [0.3, 0.4) is 0 Å². The predicted octanol–water partition coefficient (Wildman–Crippen LogP) is 17.1. The van der Waals surface area contributed by atoms with Crippen LogP contribution in [0.4, 0.5) is 62.6 Å². The normalized spacial score (nSPS) is 10.9. The molecule has 0 amide bonds. The number of anilines is 11. The molecular weight excluding hydrogens is 893 g/mol. The summed E-state index contributed by atoms with van der Waals surface area (Å²) in [7, 11) is 2.07. The van der Waals surface area contributed by atoms with Gasteiger partial charge in [0.05, 0.1) is 0 Å². The van der Waals surface area contributed by atoms with E-state index >= 15 is 0 Å². The molecule has 8 nitrogen and oxygen atoms in total. The van der Waals surface area contributed by atoms with E-state index < -0.39 is 0 Å². The number of hydrogen-bond donors (Lipinski definition) is 0. The summed E-state index contributed by atoms with van der Waals surface area (Å²) in [4.78, 5) is 26.1. The second kappa shape index (κ2) is 20.7.